The molecule has 2 aromatic heterocycles. The highest BCUT2D eigenvalue weighted by atomic mass is 15.0. The number of aryl methyl sites for hydroxylation is 1. The predicted molar refractivity (Wildman–Crippen MR) is 288 cm³/mol. The number of benzene rings is 9. The van der Waals surface area contributed by atoms with Crippen molar-refractivity contribution in [2.24, 2.45) is 0 Å². The van der Waals surface area contributed by atoms with Crippen molar-refractivity contribution in [2.75, 3.05) is 0 Å². The van der Waals surface area contributed by atoms with Gasteiger partial charge in [0.25, 0.3) is 0 Å². The van der Waals surface area contributed by atoms with E-state index in [4.69, 9.17) is 0 Å². The number of hydrogen-bond donors (Lipinski definition) is 0. The molecule has 0 saturated heterocycles. The molecule has 9 aromatic carbocycles. The van der Waals surface area contributed by atoms with Gasteiger partial charge < -0.3 is 9.13 Å². The zero-order chi connectivity index (χ0) is 45.0. The van der Waals surface area contributed by atoms with Crippen molar-refractivity contribution in [1.29, 1.82) is 0 Å². The van der Waals surface area contributed by atoms with Gasteiger partial charge in [0.1, 0.15) is 0 Å². The third-order valence-electron chi connectivity index (χ3n) is 14.3. The maximum atomic E-state index is 2.50. The molecule has 0 radical (unpaired) electrons. The van der Waals surface area contributed by atoms with Crippen LogP contribution in [0.3, 0.4) is 0 Å². The fraction of sp³-hybridized carbons (Fsp3) is 0.0606. The first-order chi connectivity index (χ1) is 33.7. The van der Waals surface area contributed by atoms with E-state index in [2.05, 4.69) is 252 Å². The van der Waals surface area contributed by atoms with Crippen LogP contribution in [0.25, 0.3) is 106 Å². The third-order valence-corrected chi connectivity index (χ3v) is 14.3. The van der Waals surface area contributed by atoms with Crippen LogP contribution in [0, 0.1) is 0 Å². The number of para-hydroxylation sites is 2. The lowest BCUT2D eigenvalue weighted by Crippen LogP contribution is -2.04. The standard InChI is InChI=1S/C66H48N2/c1-3-15-45(16-4-1)50-19-11-21-52(41-50)53-22-12-20-51(42-53)49-33-31-47(32-34-49)48-35-38-56(39-36-48)67-63-29-10-8-26-61(63)66-58(27-14-30-64(66)67)55-37-40-60-59-25-7-9-28-62(59)68(65(60)44-55)57-24-13-23-54(43-57)46-17-5-2-6-18-46/h1,3-5,7-36,38-39,41-44H,2,6,37,40H2. The lowest BCUT2D eigenvalue weighted by Gasteiger charge is -2.19. The molecule has 11 aromatic rings. The molecule has 0 amide bonds. The van der Waals surface area contributed by atoms with E-state index in [0.29, 0.717) is 0 Å². The Morgan fingerprint density at radius 3 is 1.60 bits per heavy atom. The van der Waals surface area contributed by atoms with Gasteiger partial charge in [0, 0.05) is 27.5 Å². The van der Waals surface area contributed by atoms with Crippen LogP contribution >= 0.6 is 0 Å². The molecule has 0 atom stereocenters. The molecule has 2 aliphatic rings. The molecular formula is C66H48N2. The molecule has 2 aliphatic carbocycles. The first kappa shape index (κ1) is 39.9. The summed E-state index contributed by atoms with van der Waals surface area (Å²) in [6, 6.07) is 80.4. The van der Waals surface area contributed by atoms with Crippen molar-refractivity contribution in [3.63, 3.8) is 0 Å². The minimum absolute atomic E-state index is 0.985. The maximum absolute atomic E-state index is 2.50. The van der Waals surface area contributed by atoms with Gasteiger partial charge in [-0.1, -0.05) is 182 Å². The van der Waals surface area contributed by atoms with Crippen LogP contribution in [0.5, 0.6) is 0 Å². The minimum atomic E-state index is 0.985. The van der Waals surface area contributed by atoms with Crippen molar-refractivity contribution in [1.82, 2.24) is 9.13 Å². The van der Waals surface area contributed by atoms with E-state index in [-0.39, 0.29) is 0 Å². The molecule has 2 nitrogen and oxygen atoms in total. The van der Waals surface area contributed by atoms with Gasteiger partial charge in [0.2, 0.25) is 0 Å². The Morgan fingerprint density at radius 2 is 0.897 bits per heavy atom. The fourth-order valence-corrected chi connectivity index (χ4v) is 11.0. The second kappa shape index (κ2) is 16.8. The molecule has 0 spiro atoms. The minimum Gasteiger partial charge on any atom is -0.310 e. The average Bonchev–Trinajstić information content (AvgIpc) is 3.94. The molecular weight excluding hydrogens is 821 g/mol. The van der Waals surface area contributed by atoms with Crippen LogP contribution in [-0.4, -0.2) is 9.13 Å². The summed E-state index contributed by atoms with van der Waals surface area (Å²) in [5.41, 5.74) is 23.8. The number of fused-ring (bicyclic) bond motifs is 6. The summed E-state index contributed by atoms with van der Waals surface area (Å²) < 4.78 is 4.96. The van der Waals surface area contributed by atoms with Gasteiger partial charge in [-0.3, -0.25) is 0 Å². The van der Waals surface area contributed by atoms with E-state index in [0.717, 1.165) is 31.4 Å². The molecule has 13 rings (SSSR count). The Labute approximate surface area is 397 Å². The zero-order valence-corrected chi connectivity index (χ0v) is 37.8. The number of rotatable bonds is 8. The van der Waals surface area contributed by atoms with Crippen molar-refractivity contribution >= 4 is 49.9 Å². The topological polar surface area (TPSA) is 9.86 Å². The predicted octanol–water partition coefficient (Wildman–Crippen LogP) is 17.6. The second-order valence-electron chi connectivity index (χ2n) is 18.3. The van der Waals surface area contributed by atoms with E-state index in [1.165, 1.54) is 116 Å². The highest BCUT2D eigenvalue weighted by Gasteiger charge is 2.24. The Kier molecular flexibility index (Phi) is 9.83. The lowest BCUT2D eigenvalue weighted by molar-refractivity contribution is 0.981. The van der Waals surface area contributed by atoms with E-state index in [1.807, 2.05) is 0 Å². The fourth-order valence-electron chi connectivity index (χ4n) is 11.0. The quantitative estimate of drug-likeness (QED) is 0.144. The summed E-state index contributed by atoms with van der Waals surface area (Å²) in [4.78, 5) is 0. The second-order valence-corrected chi connectivity index (χ2v) is 18.3. The number of aromatic nitrogens is 2. The van der Waals surface area contributed by atoms with E-state index in [1.54, 1.807) is 0 Å². The Hall–Kier alpha value is -8.46. The molecule has 0 unspecified atom stereocenters. The summed E-state index contributed by atoms with van der Waals surface area (Å²) in [5.74, 6) is 0. The van der Waals surface area contributed by atoms with Gasteiger partial charge in [0.05, 0.1) is 22.2 Å². The van der Waals surface area contributed by atoms with Crippen molar-refractivity contribution in [3.8, 4) is 55.9 Å². The molecule has 2 heterocycles. The largest absolute Gasteiger partial charge is 0.310 e. The molecule has 0 fully saturated rings. The smallest absolute Gasteiger partial charge is 0.0547 e. The summed E-state index contributed by atoms with van der Waals surface area (Å²) in [7, 11) is 0. The average molecular weight is 869 g/mol. The normalized spacial score (nSPS) is 13.5. The first-order valence-corrected chi connectivity index (χ1v) is 24.0. The van der Waals surface area contributed by atoms with Crippen LogP contribution in [0.2, 0.25) is 0 Å². The van der Waals surface area contributed by atoms with Gasteiger partial charge in [-0.2, -0.15) is 0 Å². The van der Waals surface area contributed by atoms with Gasteiger partial charge in [0.15, 0.2) is 0 Å². The molecule has 0 N–H and O–H groups in total. The molecule has 0 aliphatic heterocycles. The summed E-state index contributed by atoms with van der Waals surface area (Å²) in [5, 5.41) is 3.94. The van der Waals surface area contributed by atoms with Gasteiger partial charge in [-0.25, -0.2) is 0 Å². The summed E-state index contributed by atoms with van der Waals surface area (Å²) in [6.45, 7) is 0. The summed E-state index contributed by atoms with van der Waals surface area (Å²) >= 11 is 0. The van der Waals surface area contributed by atoms with Crippen molar-refractivity contribution in [3.05, 3.63) is 259 Å². The van der Waals surface area contributed by atoms with E-state index < -0.39 is 0 Å². The zero-order valence-electron chi connectivity index (χ0n) is 37.8. The Balaban J connectivity index is 0.833. The van der Waals surface area contributed by atoms with Crippen LogP contribution < -0.4 is 0 Å². The third kappa shape index (κ3) is 6.96. The van der Waals surface area contributed by atoms with Gasteiger partial charge >= 0.3 is 0 Å². The number of nitrogens with zero attached hydrogens (tertiary/aromatic N) is 2. The first-order valence-electron chi connectivity index (χ1n) is 24.0. The van der Waals surface area contributed by atoms with Crippen LogP contribution in [0.1, 0.15) is 41.6 Å². The highest BCUT2D eigenvalue weighted by Crippen LogP contribution is 2.43. The van der Waals surface area contributed by atoms with Gasteiger partial charge in [-0.15, -0.1) is 0 Å². The monoisotopic (exact) mass is 868 g/mol. The number of hydrogen-bond acceptors (Lipinski definition) is 0. The molecule has 0 saturated carbocycles. The highest BCUT2D eigenvalue weighted by molar-refractivity contribution is 6.15. The van der Waals surface area contributed by atoms with Crippen LogP contribution in [0.4, 0.5) is 0 Å². The van der Waals surface area contributed by atoms with Crippen molar-refractivity contribution in [2.45, 2.75) is 25.7 Å². The molecule has 68 heavy (non-hydrogen) atoms. The van der Waals surface area contributed by atoms with E-state index >= 15 is 0 Å². The number of allylic oxidation sites excluding steroid dienone is 5. The molecule has 2 heteroatoms. The van der Waals surface area contributed by atoms with Gasteiger partial charge in [-0.05, 0) is 159 Å². The van der Waals surface area contributed by atoms with E-state index in [9.17, 15) is 0 Å². The molecule has 0 bridgehead atoms. The van der Waals surface area contributed by atoms with Crippen molar-refractivity contribution < 1.29 is 0 Å². The SMILES string of the molecule is C1=CC(c2cccc(-n3c4c(c5ccccc53)CCC(c3cccc5c3c3ccccc3n5-c3ccc(-c5ccc(-c6cccc(-c7cccc(-c8ccccc8)c7)c6)cc5)cc3)=C4)c2)=CCC1. The lowest BCUT2D eigenvalue weighted by atomic mass is 9.89. The Bertz CT molecular complexity index is 3810. The van der Waals surface area contributed by atoms with Crippen LogP contribution in [-0.2, 0) is 6.42 Å². The summed E-state index contributed by atoms with van der Waals surface area (Å²) in [6.07, 6.45) is 13.6. The maximum Gasteiger partial charge on any atom is 0.0547 e. The Morgan fingerprint density at radius 1 is 0.353 bits per heavy atom. The van der Waals surface area contributed by atoms with Crippen LogP contribution in [0.15, 0.2) is 237 Å². The molecule has 322 valence electrons.